The van der Waals surface area contributed by atoms with Gasteiger partial charge in [0, 0.05) is 12.1 Å². The second kappa shape index (κ2) is 5.97. The van der Waals surface area contributed by atoms with Crippen LogP contribution in [0.3, 0.4) is 0 Å². The van der Waals surface area contributed by atoms with E-state index in [0.29, 0.717) is 6.54 Å². The zero-order valence-electron chi connectivity index (χ0n) is 11.5. The molecule has 1 fully saturated rings. The van der Waals surface area contributed by atoms with E-state index in [1.54, 1.807) is 11.9 Å². The van der Waals surface area contributed by atoms with E-state index in [9.17, 15) is 18.7 Å². The maximum Gasteiger partial charge on any atom is 0.176 e. The van der Waals surface area contributed by atoms with E-state index in [1.807, 2.05) is 0 Å². The van der Waals surface area contributed by atoms with Gasteiger partial charge in [-0.05, 0) is 38.1 Å². The maximum atomic E-state index is 13.1. The van der Waals surface area contributed by atoms with Crippen LogP contribution in [0.1, 0.15) is 36.0 Å². The maximum absolute atomic E-state index is 13.1. The standard InChI is InChI=1S/C15H19F2NO2/c1-18(10-15(20)6-2-3-7-15)9-14(19)11-4-5-12(16)13(17)8-11/h4-5,8,20H,2-3,6-7,9-10H2,1H3. The van der Waals surface area contributed by atoms with Crippen molar-refractivity contribution in [1.82, 2.24) is 4.90 Å². The highest BCUT2D eigenvalue weighted by Crippen LogP contribution is 2.29. The van der Waals surface area contributed by atoms with Crippen molar-refractivity contribution >= 4 is 5.78 Å². The van der Waals surface area contributed by atoms with Gasteiger partial charge in [0.15, 0.2) is 17.4 Å². The van der Waals surface area contributed by atoms with Crippen LogP contribution in [0.15, 0.2) is 18.2 Å². The summed E-state index contributed by atoms with van der Waals surface area (Å²) in [5.41, 5.74) is -0.572. The minimum atomic E-state index is -1.02. The summed E-state index contributed by atoms with van der Waals surface area (Å²) >= 11 is 0. The van der Waals surface area contributed by atoms with E-state index in [-0.39, 0.29) is 17.9 Å². The van der Waals surface area contributed by atoms with Gasteiger partial charge >= 0.3 is 0 Å². The Morgan fingerprint density at radius 1 is 1.30 bits per heavy atom. The first-order valence-electron chi connectivity index (χ1n) is 6.79. The fourth-order valence-electron chi connectivity index (χ4n) is 2.76. The molecule has 110 valence electrons. The number of ketones is 1. The van der Waals surface area contributed by atoms with Crippen LogP contribution in [0.25, 0.3) is 0 Å². The summed E-state index contributed by atoms with van der Waals surface area (Å²) in [4.78, 5) is 13.7. The molecule has 5 heteroatoms. The first-order valence-corrected chi connectivity index (χ1v) is 6.79. The number of carbonyl (C=O) groups excluding carboxylic acids is 1. The molecule has 0 amide bonds. The summed E-state index contributed by atoms with van der Waals surface area (Å²) in [5, 5.41) is 10.3. The Morgan fingerprint density at radius 2 is 1.95 bits per heavy atom. The van der Waals surface area contributed by atoms with Crippen LogP contribution >= 0.6 is 0 Å². The molecular formula is C15H19F2NO2. The zero-order chi connectivity index (χ0) is 14.8. The zero-order valence-corrected chi connectivity index (χ0v) is 11.5. The van der Waals surface area contributed by atoms with Gasteiger partial charge in [0.2, 0.25) is 0 Å². The molecule has 0 aliphatic heterocycles. The molecule has 3 nitrogen and oxygen atoms in total. The van der Waals surface area contributed by atoms with Crippen molar-refractivity contribution in [2.45, 2.75) is 31.3 Å². The lowest BCUT2D eigenvalue weighted by atomic mass is 10.0. The van der Waals surface area contributed by atoms with Crippen LogP contribution in [0.5, 0.6) is 0 Å². The minimum Gasteiger partial charge on any atom is -0.389 e. The van der Waals surface area contributed by atoms with Gasteiger partial charge in [-0.25, -0.2) is 8.78 Å². The molecule has 0 saturated heterocycles. The predicted octanol–water partition coefficient (Wildman–Crippen LogP) is 2.38. The van der Waals surface area contributed by atoms with Crippen LogP contribution in [-0.2, 0) is 0 Å². The molecule has 1 N–H and O–H groups in total. The summed E-state index contributed by atoms with van der Waals surface area (Å²) < 4.78 is 25.9. The Labute approximate surface area is 117 Å². The predicted molar refractivity (Wildman–Crippen MR) is 71.6 cm³/mol. The van der Waals surface area contributed by atoms with Gasteiger partial charge < -0.3 is 5.11 Å². The highest BCUT2D eigenvalue weighted by Gasteiger charge is 2.32. The molecule has 20 heavy (non-hydrogen) atoms. The molecule has 1 aromatic rings. The second-order valence-corrected chi connectivity index (χ2v) is 5.66. The number of benzene rings is 1. The van der Waals surface area contributed by atoms with Crippen molar-refractivity contribution in [3.8, 4) is 0 Å². The van der Waals surface area contributed by atoms with E-state index in [2.05, 4.69) is 0 Å². The molecule has 1 aliphatic rings. The number of hydrogen-bond acceptors (Lipinski definition) is 3. The van der Waals surface area contributed by atoms with E-state index in [1.165, 1.54) is 6.07 Å². The van der Waals surface area contributed by atoms with Crippen LogP contribution in [0, 0.1) is 11.6 Å². The highest BCUT2D eigenvalue weighted by molar-refractivity contribution is 5.97. The number of Topliss-reactive ketones (excluding diaryl/α,β-unsaturated/α-hetero) is 1. The van der Waals surface area contributed by atoms with Crippen molar-refractivity contribution in [3.63, 3.8) is 0 Å². The SMILES string of the molecule is CN(CC(=O)c1ccc(F)c(F)c1)CC1(O)CCCC1. The molecule has 0 unspecified atom stereocenters. The van der Waals surface area contributed by atoms with Gasteiger partial charge in [-0.2, -0.15) is 0 Å². The first-order chi connectivity index (χ1) is 9.39. The topological polar surface area (TPSA) is 40.5 Å². The number of aliphatic hydroxyl groups is 1. The van der Waals surface area contributed by atoms with Crippen molar-refractivity contribution in [3.05, 3.63) is 35.4 Å². The Kier molecular flexibility index (Phi) is 4.50. The molecule has 1 aromatic carbocycles. The van der Waals surface area contributed by atoms with Gasteiger partial charge in [-0.3, -0.25) is 9.69 Å². The number of nitrogens with zero attached hydrogens (tertiary/aromatic N) is 1. The molecule has 0 atom stereocenters. The number of hydrogen-bond donors (Lipinski definition) is 1. The lowest BCUT2D eigenvalue weighted by molar-refractivity contribution is 0.0172. The largest absolute Gasteiger partial charge is 0.389 e. The van der Waals surface area contributed by atoms with Gasteiger partial charge in [-0.15, -0.1) is 0 Å². The van der Waals surface area contributed by atoms with E-state index in [0.717, 1.165) is 37.8 Å². The molecular weight excluding hydrogens is 264 g/mol. The van der Waals surface area contributed by atoms with Gasteiger partial charge in [0.1, 0.15) is 0 Å². The number of carbonyl (C=O) groups is 1. The lowest BCUT2D eigenvalue weighted by Gasteiger charge is -2.28. The number of halogens is 2. The Morgan fingerprint density at radius 3 is 2.55 bits per heavy atom. The van der Waals surface area contributed by atoms with Crippen molar-refractivity contribution in [1.29, 1.82) is 0 Å². The molecule has 0 heterocycles. The summed E-state index contributed by atoms with van der Waals surface area (Å²) in [6, 6.07) is 3.14. The number of likely N-dealkylation sites (N-methyl/N-ethyl adjacent to an activating group) is 1. The Hall–Kier alpha value is -1.33. The quantitative estimate of drug-likeness (QED) is 0.844. The van der Waals surface area contributed by atoms with Gasteiger partial charge in [-0.1, -0.05) is 12.8 Å². The van der Waals surface area contributed by atoms with Crippen LogP contribution < -0.4 is 0 Å². The molecule has 1 saturated carbocycles. The normalized spacial score (nSPS) is 17.6. The van der Waals surface area contributed by atoms with Crippen LogP contribution in [0.4, 0.5) is 8.78 Å². The molecule has 0 spiro atoms. The average molecular weight is 283 g/mol. The Balaban J connectivity index is 1.94. The third-order valence-corrected chi connectivity index (χ3v) is 3.75. The van der Waals surface area contributed by atoms with E-state index < -0.39 is 17.2 Å². The van der Waals surface area contributed by atoms with Crippen molar-refractivity contribution < 1.29 is 18.7 Å². The molecule has 0 bridgehead atoms. The summed E-state index contributed by atoms with van der Waals surface area (Å²) in [6.07, 6.45) is 3.50. The number of rotatable bonds is 5. The molecule has 1 aliphatic carbocycles. The van der Waals surface area contributed by atoms with E-state index >= 15 is 0 Å². The fourth-order valence-corrected chi connectivity index (χ4v) is 2.76. The first kappa shape index (κ1) is 15.1. The smallest absolute Gasteiger partial charge is 0.176 e. The summed E-state index contributed by atoms with van der Waals surface area (Å²) in [6.45, 7) is 0.496. The van der Waals surface area contributed by atoms with Crippen LogP contribution in [0.2, 0.25) is 0 Å². The Bertz CT molecular complexity index is 499. The average Bonchev–Trinajstić information content (AvgIpc) is 2.78. The lowest BCUT2D eigenvalue weighted by Crippen LogP contribution is -2.41. The highest BCUT2D eigenvalue weighted by atomic mass is 19.2. The monoisotopic (exact) mass is 283 g/mol. The molecule has 0 aromatic heterocycles. The van der Waals surface area contributed by atoms with Crippen LogP contribution in [-0.4, -0.2) is 41.5 Å². The minimum absolute atomic E-state index is 0.0768. The summed E-state index contributed by atoms with van der Waals surface area (Å²) in [5.74, 6) is -2.27. The van der Waals surface area contributed by atoms with Crippen molar-refractivity contribution in [2.75, 3.05) is 20.1 Å². The second-order valence-electron chi connectivity index (χ2n) is 5.66. The van der Waals surface area contributed by atoms with Gasteiger partial charge in [0.25, 0.3) is 0 Å². The third-order valence-electron chi connectivity index (χ3n) is 3.75. The third kappa shape index (κ3) is 3.61. The van der Waals surface area contributed by atoms with Crippen molar-refractivity contribution in [2.24, 2.45) is 0 Å². The molecule has 2 rings (SSSR count). The van der Waals surface area contributed by atoms with Gasteiger partial charge in [0.05, 0.1) is 12.1 Å². The fraction of sp³-hybridized carbons (Fsp3) is 0.533. The summed E-state index contributed by atoms with van der Waals surface area (Å²) in [7, 11) is 1.74. The van der Waals surface area contributed by atoms with E-state index in [4.69, 9.17) is 0 Å². The molecule has 0 radical (unpaired) electrons.